The highest BCUT2D eigenvalue weighted by molar-refractivity contribution is 5.96. The Morgan fingerprint density at radius 1 is 1.12 bits per heavy atom. The number of aromatic amines is 1. The smallest absolute Gasteiger partial charge is 0.346 e. The molecule has 5 heterocycles. The standard InChI is InChI=1S/C21H15N5.C4H8F3N/c1-2-14-12-25-26-7-5-15(9-20(14)26)19-13-24-21-18(19)8-17(11-23-21)16-4-3-6-22-10-16;1-3(8-2)4(5,6)7/h2-13H,1H2,(H,23,24);3,8H,1-2H3. The van der Waals surface area contributed by atoms with Gasteiger partial charge in [-0.3, -0.25) is 4.98 Å². The molecular formula is C25H23F3N6. The van der Waals surface area contributed by atoms with Gasteiger partial charge in [0.1, 0.15) is 11.7 Å². The molecule has 0 aliphatic rings. The van der Waals surface area contributed by atoms with Gasteiger partial charge in [-0.25, -0.2) is 9.50 Å². The fourth-order valence-corrected chi connectivity index (χ4v) is 3.42. The second-order valence-electron chi connectivity index (χ2n) is 7.67. The number of H-pyrrole nitrogens is 1. The predicted molar refractivity (Wildman–Crippen MR) is 128 cm³/mol. The lowest BCUT2D eigenvalue weighted by Gasteiger charge is -2.13. The largest absolute Gasteiger partial charge is 0.403 e. The molecule has 1 atom stereocenters. The SMILES string of the molecule is C=Cc1cnn2ccc(-c3c[nH]c4ncc(-c5cccnc5)cc34)cc12.CNC(C)C(F)(F)F. The predicted octanol–water partition coefficient (Wildman–Crippen LogP) is 5.74. The van der Waals surface area contributed by atoms with Gasteiger partial charge in [0, 0.05) is 58.6 Å². The summed E-state index contributed by atoms with van der Waals surface area (Å²) in [7, 11) is 1.28. The van der Waals surface area contributed by atoms with E-state index in [-0.39, 0.29) is 0 Å². The minimum atomic E-state index is -4.10. The number of hydrogen-bond acceptors (Lipinski definition) is 4. The molecule has 0 fully saturated rings. The fourth-order valence-electron chi connectivity index (χ4n) is 3.42. The van der Waals surface area contributed by atoms with E-state index in [1.54, 1.807) is 6.20 Å². The number of rotatable bonds is 4. The van der Waals surface area contributed by atoms with Crippen molar-refractivity contribution in [2.75, 3.05) is 7.05 Å². The Bertz CT molecular complexity index is 1420. The highest BCUT2D eigenvalue weighted by Gasteiger charge is 2.34. The van der Waals surface area contributed by atoms with E-state index < -0.39 is 12.2 Å². The van der Waals surface area contributed by atoms with Crippen molar-refractivity contribution < 1.29 is 13.2 Å². The first-order valence-electron chi connectivity index (χ1n) is 10.5. The first-order chi connectivity index (χ1) is 16.3. The van der Waals surface area contributed by atoms with E-state index in [1.807, 2.05) is 53.7 Å². The van der Waals surface area contributed by atoms with Crippen LogP contribution in [0.1, 0.15) is 12.5 Å². The van der Waals surface area contributed by atoms with Crippen LogP contribution in [0.3, 0.4) is 0 Å². The summed E-state index contributed by atoms with van der Waals surface area (Å²) in [5, 5.41) is 7.51. The van der Waals surface area contributed by atoms with E-state index in [9.17, 15) is 13.2 Å². The summed E-state index contributed by atoms with van der Waals surface area (Å²) in [6.45, 7) is 4.93. The maximum atomic E-state index is 11.4. The van der Waals surface area contributed by atoms with Gasteiger partial charge in [0.05, 0.1) is 11.7 Å². The molecule has 9 heteroatoms. The van der Waals surface area contributed by atoms with Crippen LogP contribution in [0.4, 0.5) is 13.2 Å². The van der Waals surface area contributed by atoms with E-state index >= 15 is 0 Å². The molecule has 5 rings (SSSR count). The maximum Gasteiger partial charge on any atom is 0.403 e. The van der Waals surface area contributed by atoms with Gasteiger partial charge in [-0.1, -0.05) is 18.7 Å². The van der Waals surface area contributed by atoms with E-state index in [4.69, 9.17) is 0 Å². The highest BCUT2D eigenvalue weighted by atomic mass is 19.4. The lowest BCUT2D eigenvalue weighted by atomic mass is 10.0. The van der Waals surface area contributed by atoms with Gasteiger partial charge in [-0.2, -0.15) is 18.3 Å². The van der Waals surface area contributed by atoms with Gasteiger partial charge in [-0.15, -0.1) is 0 Å². The van der Waals surface area contributed by atoms with Crippen molar-refractivity contribution >= 4 is 22.6 Å². The van der Waals surface area contributed by atoms with Crippen LogP contribution in [0.5, 0.6) is 0 Å². The van der Waals surface area contributed by atoms with E-state index in [0.29, 0.717) is 0 Å². The molecule has 5 aromatic rings. The number of halogens is 3. The summed E-state index contributed by atoms with van der Waals surface area (Å²) in [6, 6.07) is 8.91. The molecule has 34 heavy (non-hydrogen) atoms. The molecule has 0 radical (unpaired) electrons. The first-order valence-corrected chi connectivity index (χ1v) is 10.5. The van der Waals surface area contributed by atoms with Crippen LogP contribution in [0.25, 0.3) is 44.9 Å². The van der Waals surface area contributed by atoms with Crippen molar-refractivity contribution in [3.8, 4) is 22.3 Å². The minimum absolute atomic E-state index is 0.866. The van der Waals surface area contributed by atoms with Crippen molar-refractivity contribution in [1.29, 1.82) is 0 Å². The van der Waals surface area contributed by atoms with E-state index in [2.05, 4.69) is 50.1 Å². The molecule has 0 spiro atoms. The molecule has 0 bridgehead atoms. The summed E-state index contributed by atoms with van der Waals surface area (Å²) in [4.78, 5) is 12.0. The van der Waals surface area contributed by atoms with Gasteiger partial charge >= 0.3 is 6.18 Å². The third kappa shape index (κ3) is 4.69. The molecule has 0 saturated carbocycles. The Kier molecular flexibility index (Phi) is 6.47. The van der Waals surface area contributed by atoms with Crippen LogP contribution in [-0.2, 0) is 0 Å². The molecule has 174 valence electrons. The zero-order valence-electron chi connectivity index (χ0n) is 18.6. The summed E-state index contributed by atoms with van der Waals surface area (Å²) >= 11 is 0. The zero-order valence-corrected chi connectivity index (χ0v) is 18.6. The Morgan fingerprint density at radius 3 is 2.59 bits per heavy atom. The van der Waals surface area contributed by atoms with Crippen LogP contribution in [0.15, 0.2) is 74.1 Å². The number of aromatic nitrogens is 5. The van der Waals surface area contributed by atoms with Crippen molar-refractivity contribution in [3.05, 3.63) is 79.7 Å². The van der Waals surface area contributed by atoms with Gasteiger partial charge < -0.3 is 10.3 Å². The number of nitrogens with one attached hydrogen (secondary N) is 2. The van der Waals surface area contributed by atoms with Crippen molar-refractivity contribution in [1.82, 2.24) is 29.9 Å². The van der Waals surface area contributed by atoms with Crippen LogP contribution >= 0.6 is 0 Å². The highest BCUT2D eigenvalue weighted by Crippen LogP contribution is 2.31. The molecule has 0 aliphatic heterocycles. The van der Waals surface area contributed by atoms with Crippen molar-refractivity contribution in [2.24, 2.45) is 0 Å². The Hall–Kier alpha value is -3.98. The molecule has 6 nitrogen and oxygen atoms in total. The van der Waals surface area contributed by atoms with Gasteiger partial charge in [-0.05, 0) is 43.8 Å². The van der Waals surface area contributed by atoms with Gasteiger partial charge in [0.2, 0.25) is 0 Å². The minimum Gasteiger partial charge on any atom is -0.346 e. The second kappa shape index (κ2) is 9.48. The molecule has 0 aliphatic carbocycles. The number of hydrogen-bond donors (Lipinski definition) is 2. The number of pyridine rings is 3. The van der Waals surface area contributed by atoms with Crippen LogP contribution in [0.2, 0.25) is 0 Å². The third-order valence-electron chi connectivity index (χ3n) is 5.53. The summed E-state index contributed by atoms with van der Waals surface area (Å²) in [5.41, 5.74) is 7.22. The summed E-state index contributed by atoms with van der Waals surface area (Å²) in [6.07, 6.45) is 9.01. The number of nitrogens with zero attached hydrogens (tertiary/aromatic N) is 4. The average molecular weight is 464 g/mol. The van der Waals surface area contributed by atoms with Gasteiger partial charge in [0.15, 0.2) is 0 Å². The average Bonchev–Trinajstić information content (AvgIpc) is 3.46. The van der Waals surface area contributed by atoms with Crippen LogP contribution < -0.4 is 5.32 Å². The topological polar surface area (TPSA) is 70.9 Å². The molecule has 0 aromatic carbocycles. The molecule has 0 saturated heterocycles. The van der Waals surface area contributed by atoms with Crippen LogP contribution in [-0.4, -0.2) is 43.8 Å². The first kappa shape index (κ1) is 23.2. The lowest BCUT2D eigenvalue weighted by molar-refractivity contribution is -0.150. The van der Waals surface area contributed by atoms with Crippen molar-refractivity contribution in [3.63, 3.8) is 0 Å². The maximum absolute atomic E-state index is 11.4. The second-order valence-corrected chi connectivity index (χ2v) is 7.67. The number of alkyl halides is 3. The van der Waals surface area contributed by atoms with E-state index in [0.717, 1.165) is 51.3 Å². The third-order valence-corrected chi connectivity index (χ3v) is 5.53. The monoisotopic (exact) mass is 464 g/mol. The molecular weight excluding hydrogens is 441 g/mol. The fraction of sp³-hybridized carbons (Fsp3) is 0.160. The Labute approximate surface area is 194 Å². The Balaban J connectivity index is 0.000000297. The van der Waals surface area contributed by atoms with E-state index in [1.165, 1.54) is 7.05 Å². The summed E-state index contributed by atoms with van der Waals surface area (Å²) in [5.74, 6) is 0. The molecule has 2 N–H and O–H groups in total. The summed E-state index contributed by atoms with van der Waals surface area (Å²) < 4.78 is 36.0. The normalized spacial score (nSPS) is 12.4. The molecule has 5 aromatic heterocycles. The van der Waals surface area contributed by atoms with Gasteiger partial charge in [0.25, 0.3) is 0 Å². The van der Waals surface area contributed by atoms with Crippen molar-refractivity contribution in [2.45, 2.75) is 19.1 Å². The number of fused-ring (bicyclic) bond motifs is 2. The zero-order chi connectivity index (χ0) is 24.3. The molecule has 1 unspecified atom stereocenters. The molecule has 0 amide bonds. The Morgan fingerprint density at radius 2 is 1.94 bits per heavy atom. The van der Waals surface area contributed by atoms with Crippen LogP contribution in [0, 0.1) is 0 Å². The quantitative estimate of drug-likeness (QED) is 0.356. The lowest BCUT2D eigenvalue weighted by Crippen LogP contribution is -2.36.